The van der Waals surface area contributed by atoms with Gasteiger partial charge in [-0.3, -0.25) is 14.5 Å². The first-order chi connectivity index (χ1) is 13.9. The second-order valence-electron chi connectivity index (χ2n) is 7.07. The van der Waals surface area contributed by atoms with Gasteiger partial charge in [0, 0.05) is 17.0 Å². The maximum atomic E-state index is 12.6. The summed E-state index contributed by atoms with van der Waals surface area (Å²) >= 11 is 7.44. The number of halogens is 1. The zero-order valence-electron chi connectivity index (χ0n) is 16.2. The van der Waals surface area contributed by atoms with Crippen molar-refractivity contribution >= 4 is 45.6 Å². The van der Waals surface area contributed by atoms with Crippen molar-refractivity contribution in [2.75, 3.05) is 23.7 Å². The molecule has 1 fully saturated rings. The van der Waals surface area contributed by atoms with Crippen LogP contribution in [-0.2, 0) is 9.59 Å². The Morgan fingerprint density at radius 1 is 1.34 bits per heavy atom. The molecule has 0 aliphatic carbocycles. The van der Waals surface area contributed by atoms with Crippen molar-refractivity contribution in [2.45, 2.75) is 32.7 Å². The molecule has 0 saturated carbocycles. The molecule has 2 aromatic rings. The number of amides is 2. The molecule has 0 radical (unpaired) electrons. The molecule has 1 saturated heterocycles. The molecule has 9 heteroatoms. The SMILES string of the molecule is Cc1csc(NC(=O)C2CCN(C(C)C(=O)Nc3ccc(C#N)c(Cl)c3)CC2)n1. The van der Waals surface area contributed by atoms with Gasteiger partial charge in [0.05, 0.1) is 22.3 Å². The summed E-state index contributed by atoms with van der Waals surface area (Å²) in [4.78, 5) is 31.4. The smallest absolute Gasteiger partial charge is 0.241 e. The van der Waals surface area contributed by atoms with Crippen LogP contribution in [0.15, 0.2) is 23.6 Å². The number of carbonyl (C=O) groups is 2. The van der Waals surface area contributed by atoms with Crippen LogP contribution in [0.3, 0.4) is 0 Å². The highest BCUT2D eigenvalue weighted by atomic mass is 35.5. The highest BCUT2D eigenvalue weighted by Crippen LogP contribution is 2.24. The summed E-state index contributed by atoms with van der Waals surface area (Å²) in [5.74, 6) is -0.238. The Morgan fingerprint density at radius 2 is 2.07 bits per heavy atom. The van der Waals surface area contributed by atoms with Crippen molar-refractivity contribution in [1.29, 1.82) is 5.26 Å². The average molecular weight is 432 g/mol. The normalized spacial score (nSPS) is 16.1. The number of rotatable bonds is 5. The van der Waals surface area contributed by atoms with Crippen molar-refractivity contribution in [3.63, 3.8) is 0 Å². The number of hydrogen-bond acceptors (Lipinski definition) is 6. The van der Waals surface area contributed by atoms with Gasteiger partial charge in [-0.05, 0) is 58.0 Å². The van der Waals surface area contributed by atoms with Crippen LogP contribution in [0.5, 0.6) is 0 Å². The van der Waals surface area contributed by atoms with Crippen LogP contribution in [-0.4, -0.2) is 40.8 Å². The molecule has 1 aliphatic rings. The van der Waals surface area contributed by atoms with E-state index in [9.17, 15) is 9.59 Å². The minimum atomic E-state index is -0.338. The number of nitrogens with zero attached hydrogens (tertiary/aromatic N) is 3. The van der Waals surface area contributed by atoms with Gasteiger partial charge in [0.25, 0.3) is 0 Å². The standard InChI is InChI=1S/C20H22ClN5O2S/c1-12-11-29-20(23-12)25-19(28)14-5-7-26(8-6-14)13(2)18(27)24-16-4-3-15(10-22)17(21)9-16/h3-4,9,11,13-14H,5-8H2,1-2H3,(H,24,27)(H,23,25,28). The summed E-state index contributed by atoms with van der Waals surface area (Å²) < 4.78 is 0. The molecule has 2 heterocycles. The predicted octanol–water partition coefficient (Wildman–Crippen LogP) is 3.65. The van der Waals surface area contributed by atoms with Gasteiger partial charge in [-0.1, -0.05) is 11.6 Å². The fourth-order valence-electron chi connectivity index (χ4n) is 3.26. The molecular formula is C20H22ClN5O2S. The maximum Gasteiger partial charge on any atom is 0.241 e. The van der Waals surface area contributed by atoms with Crippen LogP contribution >= 0.6 is 22.9 Å². The molecule has 2 amide bonds. The molecule has 3 rings (SSSR count). The third-order valence-corrected chi connectivity index (χ3v) is 6.22. The Labute approximate surface area is 178 Å². The minimum absolute atomic E-state index is 0.0108. The third-order valence-electron chi connectivity index (χ3n) is 5.03. The largest absolute Gasteiger partial charge is 0.325 e. The van der Waals surface area contributed by atoms with E-state index >= 15 is 0 Å². The van der Waals surface area contributed by atoms with Crippen LogP contribution in [0.4, 0.5) is 10.8 Å². The molecule has 2 N–H and O–H groups in total. The van der Waals surface area contributed by atoms with Crippen LogP contribution in [0.2, 0.25) is 5.02 Å². The van der Waals surface area contributed by atoms with E-state index in [-0.39, 0.29) is 23.8 Å². The highest BCUT2D eigenvalue weighted by molar-refractivity contribution is 7.13. The Kier molecular flexibility index (Phi) is 6.85. The van der Waals surface area contributed by atoms with Gasteiger partial charge in [-0.2, -0.15) is 5.26 Å². The summed E-state index contributed by atoms with van der Waals surface area (Å²) in [6.07, 6.45) is 1.38. The molecule has 0 bridgehead atoms. The molecule has 1 aromatic carbocycles. The molecule has 1 aromatic heterocycles. The number of anilines is 2. The van der Waals surface area contributed by atoms with E-state index in [2.05, 4.69) is 20.5 Å². The van der Waals surface area contributed by atoms with Crippen molar-refractivity contribution in [2.24, 2.45) is 5.92 Å². The zero-order chi connectivity index (χ0) is 21.0. The lowest BCUT2D eigenvalue weighted by atomic mass is 9.95. The summed E-state index contributed by atoms with van der Waals surface area (Å²) in [7, 11) is 0. The quantitative estimate of drug-likeness (QED) is 0.752. The zero-order valence-corrected chi connectivity index (χ0v) is 17.8. The fourth-order valence-corrected chi connectivity index (χ4v) is 4.18. The number of aromatic nitrogens is 1. The molecule has 0 spiro atoms. The third kappa shape index (κ3) is 5.32. The van der Waals surface area contributed by atoms with Gasteiger partial charge in [-0.25, -0.2) is 4.98 Å². The van der Waals surface area contributed by atoms with Crippen molar-refractivity contribution in [3.8, 4) is 6.07 Å². The number of piperidine rings is 1. The molecule has 1 aliphatic heterocycles. The van der Waals surface area contributed by atoms with Crippen LogP contribution in [0, 0.1) is 24.2 Å². The van der Waals surface area contributed by atoms with Crippen molar-refractivity contribution in [1.82, 2.24) is 9.88 Å². The van der Waals surface area contributed by atoms with Gasteiger partial charge in [-0.15, -0.1) is 11.3 Å². The van der Waals surface area contributed by atoms with Gasteiger partial charge >= 0.3 is 0 Å². The van der Waals surface area contributed by atoms with Gasteiger partial charge < -0.3 is 10.6 Å². The molecule has 7 nitrogen and oxygen atoms in total. The first kappa shape index (κ1) is 21.2. The summed E-state index contributed by atoms with van der Waals surface area (Å²) in [6, 6.07) is 6.46. The summed E-state index contributed by atoms with van der Waals surface area (Å²) in [6.45, 7) is 5.07. The molecule has 1 atom stereocenters. The number of nitriles is 1. The first-order valence-corrected chi connectivity index (χ1v) is 10.6. The Hall–Kier alpha value is -2.47. The molecular weight excluding hydrogens is 410 g/mol. The van der Waals surface area contributed by atoms with Crippen molar-refractivity contribution < 1.29 is 9.59 Å². The number of aryl methyl sites for hydroxylation is 1. The van der Waals surface area contributed by atoms with Crippen LogP contribution < -0.4 is 10.6 Å². The molecule has 29 heavy (non-hydrogen) atoms. The predicted molar refractivity (Wildman–Crippen MR) is 114 cm³/mol. The van der Waals surface area contributed by atoms with Gasteiger partial charge in [0.1, 0.15) is 6.07 Å². The first-order valence-electron chi connectivity index (χ1n) is 9.35. The highest BCUT2D eigenvalue weighted by Gasteiger charge is 2.30. The lowest BCUT2D eigenvalue weighted by Crippen LogP contribution is -2.47. The van der Waals surface area contributed by atoms with Gasteiger partial charge in [0.2, 0.25) is 11.8 Å². The summed E-state index contributed by atoms with van der Waals surface area (Å²) in [5, 5.41) is 17.5. The summed E-state index contributed by atoms with van der Waals surface area (Å²) in [5.41, 5.74) is 1.81. The van der Waals surface area contributed by atoms with Crippen LogP contribution in [0.1, 0.15) is 31.0 Å². The van der Waals surface area contributed by atoms with Crippen LogP contribution in [0.25, 0.3) is 0 Å². The lowest BCUT2D eigenvalue weighted by Gasteiger charge is -2.34. The number of likely N-dealkylation sites (tertiary alicyclic amines) is 1. The van der Waals surface area contributed by atoms with E-state index in [0.29, 0.717) is 47.3 Å². The van der Waals surface area contributed by atoms with E-state index in [1.165, 1.54) is 11.3 Å². The number of hydrogen-bond donors (Lipinski definition) is 2. The number of thiazole rings is 1. The number of benzene rings is 1. The molecule has 152 valence electrons. The van der Waals surface area contributed by atoms with E-state index < -0.39 is 0 Å². The lowest BCUT2D eigenvalue weighted by molar-refractivity contribution is -0.123. The second kappa shape index (κ2) is 9.35. The topological polar surface area (TPSA) is 98.1 Å². The van der Waals surface area contributed by atoms with E-state index in [0.717, 1.165) is 5.69 Å². The monoisotopic (exact) mass is 431 g/mol. The Bertz CT molecular complexity index is 947. The average Bonchev–Trinajstić information content (AvgIpc) is 3.12. The van der Waals surface area contributed by atoms with E-state index in [1.54, 1.807) is 18.2 Å². The maximum absolute atomic E-state index is 12.6. The minimum Gasteiger partial charge on any atom is -0.325 e. The Balaban J connectivity index is 1.50. The van der Waals surface area contributed by atoms with Crippen molar-refractivity contribution in [3.05, 3.63) is 39.9 Å². The number of carbonyl (C=O) groups excluding carboxylic acids is 2. The fraction of sp³-hybridized carbons (Fsp3) is 0.400. The second-order valence-corrected chi connectivity index (χ2v) is 8.33. The number of nitrogens with one attached hydrogen (secondary N) is 2. The van der Waals surface area contributed by atoms with Gasteiger partial charge in [0.15, 0.2) is 5.13 Å². The van der Waals surface area contributed by atoms with E-state index in [1.807, 2.05) is 25.3 Å². The molecule has 1 unspecified atom stereocenters. The van der Waals surface area contributed by atoms with E-state index in [4.69, 9.17) is 16.9 Å². The Morgan fingerprint density at radius 3 is 2.66 bits per heavy atom.